The zero-order chi connectivity index (χ0) is 18.6. The van der Waals surface area contributed by atoms with Gasteiger partial charge in [0.25, 0.3) is 0 Å². The number of anilines is 1. The summed E-state index contributed by atoms with van der Waals surface area (Å²) in [6.07, 6.45) is 1.66. The Kier molecular flexibility index (Phi) is 5.58. The third-order valence-corrected chi connectivity index (χ3v) is 5.88. The molecule has 0 bridgehead atoms. The minimum Gasteiger partial charge on any atom is -0.463 e. The van der Waals surface area contributed by atoms with Gasteiger partial charge in [-0.15, -0.1) is 21.5 Å². The van der Waals surface area contributed by atoms with Gasteiger partial charge in [-0.2, -0.15) is 0 Å². The van der Waals surface area contributed by atoms with Crippen molar-refractivity contribution in [3.8, 4) is 11.5 Å². The maximum Gasteiger partial charge on any atom is 0.240 e. The number of aromatic nitrogens is 3. The van der Waals surface area contributed by atoms with Crippen LogP contribution in [0.5, 0.6) is 0 Å². The summed E-state index contributed by atoms with van der Waals surface area (Å²) in [6, 6.07) is 3.79. The molecule has 4 rings (SSSR count). The van der Waals surface area contributed by atoms with Gasteiger partial charge in [0.2, 0.25) is 11.0 Å². The molecule has 8 nitrogen and oxygen atoms in total. The summed E-state index contributed by atoms with van der Waals surface area (Å²) in [4.78, 5) is 21.3. The van der Waals surface area contributed by atoms with E-state index in [4.69, 9.17) is 4.42 Å². The first-order valence-electron chi connectivity index (χ1n) is 8.68. The number of aryl methyl sites for hydroxylation is 1. The molecule has 10 heteroatoms. The number of carbonyl (C=O) groups excluding carboxylic acids is 1. The molecule has 1 fully saturated rings. The molecule has 1 saturated heterocycles. The third kappa shape index (κ3) is 4.78. The molecular weight excluding hydrogens is 384 g/mol. The van der Waals surface area contributed by atoms with E-state index < -0.39 is 0 Å². The summed E-state index contributed by atoms with van der Waals surface area (Å²) >= 11 is 3.04. The average molecular weight is 405 g/mol. The van der Waals surface area contributed by atoms with Crippen molar-refractivity contribution in [2.75, 3.05) is 38.0 Å². The number of rotatable bonds is 6. The van der Waals surface area contributed by atoms with E-state index >= 15 is 0 Å². The normalized spacial score (nSPS) is 15.9. The van der Waals surface area contributed by atoms with E-state index in [1.165, 1.54) is 11.3 Å². The molecule has 1 aliphatic heterocycles. The molecule has 4 heterocycles. The van der Waals surface area contributed by atoms with Crippen molar-refractivity contribution in [1.82, 2.24) is 25.0 Å². The SMILES string of the molecule is Cc1nnc(NC(=O)CN2CCN(Cc3nc(-c4ccco4)cs3)CC2)s1. The van der Waals surface area contributed by atoms with Crippen LogP contribution in [0.1, 0.15) is 10.0 Å². The van der Waals surface area contributed by atoms with Gasteiger partial charge in [0.05, 0.1) is 19.4 Å². The fourth-order valence-corrected chi connectivity index (χ4v) is 4.36. The van der Waals surface area contributed by atoms with Crippen LogP contribution < -0.4 is 5.32 Å². The van der Waals surface area contributed by atoms with Crippen molar-refractivity contribution in [2.45, 2.75) is 13.5 Å². The Bertz CT molecular complexity index is 883. The maximum atomic E-state index is 12.1. The van der Waals surface area contributed by atoms with E-state index in [0.29, 0.717) is 11.7 Å². The van der Waals surface area contributed by atoms with Crippen molar-refractivity contribution in [3.05, 3.63) is 33.8 Å². The fourth-order valence-electron chi connectivity index (χ4n) is 2.93. The summed E-state index contributed by atoms with van der Waals surface area (Å²) in [5.74, 6) is 0.765. The average Bonchev–Trinajstić information content (AvgIpc) is 3.39. The highest BCUT2D eigenvalue weighted by atomic mass is 32.1. The summed E-state index contributed by atoms with van der Waals surface area (Å²) in [5.41, 5.74) is 0.891. The van der Waals surface area contributed by atoms with Gasteiger partial charge in [0.1, 0.15) is 15.7 Å². The van der Waals surface area contributed by atoms with Crippen molar-refractivity contribution in [1.29, 1.82) is 0 Å². The number of furan rings is 1. The second-order valence-electron chi connectivity index (χ2n) is 6.33. The second kappa shape index (κ2) is 8.26. The number of carbonyl (C=O) groups is 1. The predicted molar refractivity (Wildman–Crippen MR) is 105 cm³/mol. The molecule has 27 heavy (non-hydrogen) atoms. The molecule has 0 saturated carbocycles. The molecule has 1 aliphatic rings. The zero-order valence-electron chi connectivity index (χ0n) is 14.9. The standard InChI is InChI=1S/C17H20N6O2S2/c1-12-20-21-17(27-12)19-15(24)9-22-4-6-23(7-5-22)10-16-18-13(11-26-16)14-3-2-8-25-14/h2-3,8,11H,4-7,9-10H2,1H3,(H,19,21,24). The molecule has 3 aromatic heterocycles. The Balaban J connectivity index is 1.22. The number of hydrogen-bond acceptors (Lipinski definition) is 9. The van der Waals surface area contributed by atoms with Crippen LogP contribution in [0, 0.1) is 6.92 Å². The number of nitrogens with one attached hydrogen (secondary N) is 1. The molecule has 0 radical (unpaired) electrons. The molecule has 0 aromatic carbocycles. The Morgan fingerprint density at radius 3 is 2.78 bits per heavy atom. The van der Waals surface area contributed by atoms with E-state index in [0.717, 1.165) is 54.2 Å². The van der Waals surface area contributed by atoms with Crippen LogP contribution in [0.2, 0.25) is 0 Å². The molecule has 0 spiro atoms. The first kappa shape index (κ1) is 18.2. The largest absolute Gasteiger partial charge is 0.463 e. The van der Waals surface area contributed by atoms with Gasteiger partial charge in [-0.1, -0.05) is 11.3 Å². The number of hydrogen-bond donors (Lipinski definition) is 1. The van der Waals surface area contributed by atoms with Gasteiger partial charge in [-0.25, -0.2) is 4.98 Å². The highest BCUT2D eigenvalue weighted by molar-refractivity contribution is 7.15. The van der Waals surface area contributed by atoms with Crippen LogP contribution in [0.4, 0.5) is 5.13 Å². The summed E-state index contributed by atoms with van der Waals surface area (Å²) < 4.78 is 5.40. The highest BCUT2D eigenvalue weighted by Crippen LogP contribution is 2.23. The zero-order valence-corrected chi connectivity index (χ0v) is 16.6. The van der Waals surface area contributed by atoms with Gasteiger partial charge >= 0.3 is 0 Å². The quantitative estimate of drug-likeness (QED) is 0.674. The van der Waals surface area contributed by atoms with E-state index in [-0.39, 0.29) is 5.91 Å². The summed E-state index contributed by atoms with van der Waals surface area (Å²) in [5, 5.41) is 15.2. The summed E-state index contributed by atoms with van der Waals surface area (Å²) in [6.45, 7) is 6.63. The van der Waals surface area contributed by atoms with Crippen LogP contribution in [0.25, 0.3) is 11.5 Å². The Morgan fingerprint density at radius 1 is 1.26 bits per heavy atom. The topological polar surface area (TPSA) is 87.4 Å². The molecule has 0 unspecified atom stereocenters. The molecule has 3 aromatic rings. The summed E-state index contributed by atoms with van der Waals surface area (Å²) in [7, 11) is 0. The predicted octanol–water partition coefficient (Wildman–Crippen LogP) is 2.32. The number of piperazine rings is 1. The van der Waals surface area contributed by atoms with Crippen LogP contribution in [-0.4, -0.2) is 63.6 Å². The van der Waals surface area contributed by atoms with E-state index in [9.17, 15) is 4.79 Å². The second-order valence-corrected chi connectivity index (χ2v) is 8.45. The molecule has 1 N–H and O–H groups in total. The maximum absolute atomic E-state index is 12.1. The fraction of sp³-hybridized carbons (Fsp3) is 0.412. The highest BCUT2D eigenvalue weighted by Gasteiger charge is 2.20. The van der Waals surface area contributed by atoms with E-state index in [1.54, 1.807) is 17.6 Å². The number of amides is 1. The third-order valence-electron chi connectivity index (χ3n) is 4.29. The molecular formula is C17H20N6O2S2. The lowest BCUT2D eigenvalue weighted by molar-refractivity contribution is -0.117. The van der Waals surface area contributed by atoms with Crippen molar-refractivity contribution >= 4 is 33.7 Å². The van der Waals surface area contributed by atoms with Crippen LogP contribution >= 0.6 is 22.7 Å². The number of thiazole rings is 1. The first-order valence-corrected chi connectivity index (χ1v) is 10.4. The van der Waals surface area contributed by atoms with Crippen molar-refractivity contribution in [2.24, 2.45) is 0 Å². The van der Waals surface area contributed by atoms with Crippen molar-refractivity contribution < 1.29 is 9.21 Å². The van der Waals surface area contributed by atoms with Gasteiger partial charge in [0.15, 0.2) is 5.76 Å². The molecule has 142 valence electrons. The van der Waals surface area contributed by atoms with Gasteiger partial charge in [0, 0.05) is 31.6 Å². The molecule has 0 aliphatic carbocycles. The van der Waals surface area contributed by atoms with Crippen molar-refractivity contribution in [3.63, 3.8) is 0 Å². The van der Waals surface area contributed by atoms with E-state index in [1.807, 2.05) is 24.4 Å². The Hall–Kier alpha value is -2.14. The Morgan fingerprint density at radius 2 is 2.07 bits per heavy atom. The van der Waals surface area contributed by atoms with Crippen LogP contribution in [0.15, 0.2) is 28.2 Å². The molecule has 1 amide bonds. The lowest BCUT2D eigenvalue weighted by atomic mass is 10.3. The monoisotopic (exact) mass is 404 g/mol. The molecule has 0 atom stereocenters. The van der Waals surface area contributed by atoms with Gasteiger partial charge in [-0.05, 0) is 19.1 Å². The smallest absolute Gasteiger partial charge is 0.240 e. The Labute approximate surface area is 164 Å². The minimum absolute atomic E-state index is 0.0392. The first-order chi connectivity index (χ1) is 13.2. The van der Waals surface area contributed by atoms with E-state index in [2.05, 4.69) is 30.3 Å². The van der Waals surface area contributed by atoms with Gasteiger partial charge < -0.3 is 4.42 Å². The lowest BCUT2D eigenvalue weighted by Gasteiger charge is -2.33. The van der Waals surface area contributed by atoms with Gasteiger partial charge in [-0.3, -0.25) is 19.9 Å². The van der Waals surface area contributed by atoms with Crippen LogP contribution in [0.3, 0.4) is 0 Å². The lowest BCUT2D eigenvalue weighted by Crippen LogP contribution is -2.48. The number of nitrogens with zero attached hydrogens (tertiary/aromatic N) is 5. The van der Waals surface area contributed by atoms with Crippen LogP contribution in [-0.2, 0) is 11.3 Å². The minimum atomic E-state index is -0.0392.